The van der Waals surface area contributed by atoms with Crippen LogP contribution in [-0.2, 0) is 27.1 Å². The van der Waals surface area contributed by atoms with Gasteiger partial charge in [0.25, 0.3) is 6.33 Å². The molecule has 10 aromatic carbocycles. The van der Waals surface area contributed by atoms with E-state index in [-0.39, 0.29) is 67.2 Å². The molecule has 5 heteroatoms. The Labute approximate surface area is 564 Å². The van der Waals surface area contributed by atoms with Crippen LogP contribution >= 0.6 is 0 Å². The van der Waals surface area contributed by atoms with Gasteiger partial charge < -0.3 is 4.74 Å². The van der Waals surface area contributed by atoms with Gasteiger partial charge in [0, 0.05) is 32.7 Å². The van der Waals surface area contributed by atoms with Crippen LogP contribution in [0, 0.1) is 13.2 Å². The van der Waals surface area contributed by atoms with Crippen LogP contribution in [0.4, 0.5) is 0 Å². The van der Waals surface area contributed by atoms with Gasteiger partial charge in [0.2, 0.25) is 0 Å². The first-order valence-corrected chi connectivity index (χ1v) is 31.6. The maximum atomic E-state index is 9.51. The number of nitrogens with zero attached hydrogens (tertiary/aromatic N) is 4. The van der Waals surface area contributed by atoms with Crippen LogP contribution in [0.15, 0.2) is 230 Å². The van der Waals surface area contributed by atoms with E-state index in [2.05, 4.69) is 198 Å². The van der Waals surface area contributed by atoms with Crippen molar-refractivity contribution in [3.05, 3.63) is 270 Å². The van der Waals surface area contributed by atoms with Gasteiger partial charge in [-0.2, -0.15) is 0 Å². The molecule has 0 bridgehead atoms. The van der Waals surface area contributed by atoms with Crippen LogP contribution in [0.3, 0.4) is 0 Å². The molecule has 0 aliphatic heterocycles. The minimum atomic E-state index is -2.80. The Balaban J connectivity index is 1.07. The monoisotopic (exact) mass is 1220 g/mol. The number of pyridine rings is 1. The normalized spacial score (nSPS) is 14.7. The number of imidazole rings is 1. The largest absolute Gasteiger partial charge is 0.458 e. The Morgan fingerprint density at radius 2 is 0.967 bits per heavy atom. The summed E-state index contributed by atoms with van der Waals surface area (Å²) in [6, 6.07) is 50.4. The van der Waals surface area contributed by atoms with E-state index in [1.54, 1.807) is 0 Å². The predicted molar refractivity (Wildman–Crippen MR) is 388 cm³/mol. The van der Waals surface area contributed by atoms with E-state index in [0.29, 0.717) is 33.8 Å². The number of ether oxygens (including phenoxy) is 1. The fourth-order valence-corrected chi connectivity index (χ4v) is 12.2. The number of hydrogen-bond acceptors (Lipinski definition) is 2. The van der Waals surface area contributed by atoms with E-state index in [9.17, 15) is 2.74 Å². The lowest BCUT2D eigenvalue weighted by atomic mass is 9.78. The first-order valence-electron chi connectivity index (χ1n) is 38.1. The number of hydrogen-bond donors (Lipinski definition) is 0. The average molecular weight is 1220 g/mol. The van der Waals surface area contributed by atoms with Gasteiger partial charge in [0.1, 0.15) is 17.3 Å². The molecule has 0 spiro atoms. The molecule has 5 nitrogen and oxygen atoms in total. The minimum Gasteiger partial charge on any atom is -0.458 e. The second-order valence-electron chi connectivity index (χ2n) is 29.5. The summed E-state index contributed by atoms with van der Waals surface area (Å²) in [5, 5.41) is 1.67. The van der Waals surface area contributed by atoms with Gasteiger partial charge in [-0.15, -0.1) is 0 Å². The Morgan fingerprint density at radius 3 is 1.60 bits per heavy atom. The van der Waals surface area contributed by atoms with Crippen molar-refractivity contribution in [2.24, 2.45) is 0 Å². The van der Waals surface area contributed by atoms with Crippen LogP contribution in [-0.4, -0.2) is 14.1 Å². The van der Waals surface area contributed by atoms with Gasteiger partial charge in [0.15, 0.2) is 0 Å². The highest BCUT2D eigenvalue weighted by Gasteiger charge is 2.28. The van der Waals surface area contributed by atoms with Crippen molar-refractivity contribution in [1.29, 1.82) is 0 Å². The lowest BCUT2D eigenvalue weighted by molar-refractivity contribution is -0.571. The van der Waals surface area contributed by atoms with Crippen LogP contribution in [0.5, 0.6) is 11.5 Å². The molecule has 0 aliphatic rings. The van der Waals surface area contributed by atoms with E-state index < -0.39 is 55.2 Å². The maximum Gasteiger partial charge on any atom is 0.269 e. The van der Waals surface area contributed by atoms with E-state index in [0.717, 1.165) is 77.6 Å². The Morgan fingerprint density at radius 1 is 0.413 bits per heavy atom. The molecule has 0 amide bonds. The van der Waals surface area contributed by atoms with E-state index in [4.69, 9.17) is 24.8 Å². The summed E-state index contributed by atoms with van der Waals surface area (Å²) < 4.78 is 128. The molecule has 0 unspecified atom stereocenters. The second-order valence-corrected chi connectivity index (χ2v) is 29.5. The predicted octanol–water partition coefficient (Wildman–Crippen LogP) is 23.1. The summed E-state index contributed by atoms with van der Waals surface area (Å²) in [6.07, 6.45) is 5.23. The molecule has 3 heterocycles. The number of aromatic nitrogens is 4. The SMILES string of the molecule is [2H]c1c([2H])c([2H])c(-c2cc(-c3cccc(C(C)(C)C)c3)c(-[n+]3[c-]n(-c4cccc(Oc5ccc6c7ccccc7n(-c7cc(C([2H])([2H])[2H])c(-c8c([2H])c([2H])c([2H])c([2H])c8[2H])cn7)c6c5)c4)c4cc(-c5cc(C(C)(C)C)cc(C(C)(C)C)c5)ccc43)c(-c3cc(C(C)(C)C)cc(C(C)(C)C)c3)c2)c([2H])c1[2H]. The van der Waals surface area contributed by atoms with Gasteiger partial charge in [-0.1, -0.05) is 261 Å². The molecule has 0 saturated heterocycles. The van der Waals surface area contributed by atoms with Crippen LogP contribution in [0.25, 0.3) is 106 Å². The van der Waals surface area contributed by atoms with Crippen molar-refractivity contribution < 1.29 is 27.1 Å². The summed E-state index contributed by atoms with van der Waals surface area (Å²) in [6.45, 7) is 30.4. The van der Waals surface area contributed by atoms with Crippen LogP contribution in [0.2, 0.25) is 0 Å². The quantitative estimate of drug-likeness (QED) is 0.101. The smallest absolute Gasteiger partial charge is 0.269 e. The number of rotatable bonds is 10. The molecule has 92 heavy (non-hydrogen) atoms. The van der Waals surface area contributed by atoms with Gasteiger partial charge in [-0.25, -0.2) is 4.98 Å². The molecule has 0 atom stereocenters. The van der Waals surface area contributed by atoms with E-state index in [1.807, 2.05) is 83.4 Å². The molecule has 0 saturated carbocycles. The van der Waals surface area contributed by atoms with Crippen molar-refractivity contribution in [1.82, 2.24) is 14.1 Å². The lowest BCUT2D eigenvalue weighted by Gasteiger charge is -2.28. The third-order valence-corrected chi connectivity index (χ3v) is 17.6. The van der Waals surface area contributed by atoms with E-state index in [1.165, 1.54) is 23.4 Å². The van der Waals surface area contributed by atoms with E-state index >= 15 is 0 Å². The third kappa shape index (κ3) is 11.9. The zero-order chi connectivity index (χ0) is 76.0. The van der Waals surface area contributed by atoms with Crippen molar-refractivity contribution >= 4 is 32.8 Å². The van der Waals surface area contributed by atoms with Gasteiger partial charge >= 0.3 is 0 Å². The Kier molecular flexibility index (Phi) is 11.8. The zero-order valence-electron chi connectivity index (χ0n) is 68.4. The standard InChI is InChI=1S/C87H86N4O/c1-56-41-81(88-54-76(56)58-29-21-18-22-30-58)91-77-36-24-23-35-72(77)73-39-38-71(53-79(73)91)92-70-34-26-33-69(52-70)89-55-90(78-40-37-59(49-80(78)89)61-43-65(84(5,6)7)50-66(44-61)85(8,9)10)82-74(60-31-25-32-64(42-60)83(2,3)4)47-62(57-27-19-17-20-28-57)48-75(82)63-45-67(86(11,12)13)51-68(46-63)87(14,15)16/h17-54H,1-16H3/i1D3,17D,18D,19D,20D,21D,22D,27D,28D,29D,30D. The highest BCUT2D eigenvalue weighted by Crippen LogP contribution is 2.44. The molecule has 0 N–H and O–H groups in total. The Hall–Kier alpha value is -9.58. The summed E-state index contributed by atoms with van der Waals surface area (Å²) in [4.78, 5) is 4.81. The molecule has 0 fully saturated rings. The highest BCUT2D eigenvalue weighted by atomic mass is 16.5. The summed E-state index contributed by atoms with van der Waals surface area (Å²) >= 11 is 0. The number of para-hydroxylation sites is 1. The zero-order valence-corrected chi connectivity index (χ0v) is 55.4. The molecule has 460 valence electrons. The van der Waals surface area contributed by atoms with Crippen molar-refractivity contribution in [2.75, 3.05) is 0 Å². The summed E-state index contributed by atoms with van der Waals surface area (Å²) in [5.41, 5.74) is 13.9. The molecular formula is C87H86N4O. The van der Waals surface area contributed by atoms with Crippen LogP contribution < -0.4 is 9.30 Å². The summed E-state index contributed by atoms with van der Waals surface area (Å²) in [5.74, 6) is 1.14. The molecule has 3 aromatic heterocycles. The van der Waals surface area contributed by atoms with Gasteiger partial charge in [-0.05, 0) is 178 Å². The highest BCUT2D eigenvalue weighted by molar-refractivity contribution is 6.09. The minimum absolute atomic E-state index is 0.0824. The number of fused-ring (bicyclic) bond motifs is 4. The fraction of sp³-hybridized carbons (Fsp3) is 0.241. The molecule has 0 aliphatic carbocycles. The number of benzene rings is 10. The molecule has 0 radical (unpaired) electrons. The van der Waals surface area contributed by atoms with Crippen LogP contribution in [0.1, 0.15) is 155 Å². The van der Waals surface area contributed by atoms with Crippen molar-refractivity contribution in [2.45, 2.75) is 138 Å². The maximum absolute atomic E-state index is 9.51. The second kappa shape index (κ2) is 23.0. The molecule has 13 rings (SSSR count). The van der Waals surface area contributed by atoms with Crippen molar-refractivity contribution in [3.8, 4) is 84.3 Å². The van der Waals surface area contributed by atoms with Gasteiger partial charge in [0.05, 0.1) is 47.1 Å². The first-order chi connectivity index (χ1) is 49.0. The topological polar surface area (TPSA) is 35.9 Å². The summed E-state index contributed by atoms with van der Waals surface area (Å²) in [7, 11) is 0. The first kappa shape index (κ1) is 47.4. The lowest BCUT2D eigenvalue weighted by Crippen LogP contribution is -2.31. The molecule has 13 aromatic rings. The fourth-order valence-electron chi connectivity index (χ4n) is 12.2. The molecular weight excluding hydrogens is 1120 g/mol. The van der Waals surface area contributed by atoms with Crippen molar-refractivity contribution in [3.63, 3.8) is 0 Å². The average Bonchev–Trinajstić information content (AvgIpc) is 1.68. The van der Waals surface area contributed by atoms with Gasteiger partial charge in [-0.3, -0.25) is 13.7 Å². The number of aryl methyl sites for hydroxylation is 1. The third-order valence-electron chi connectivity index (χ3n) is 17.6. The Bertz CT molecular complexity index is 5600.